The second-order valence-corrected chi connectivity index (χ2v) is 30.3. The molecule has 514 valence electrons. The van der Waals surface area contributed by atoms with Gasteiger partial charge in [0.2, 0.25) is 5.91 Å². The summed E-state index contributed by atoms with van der Waals surface area (Å²) in [5.41, 5.74) is 3.36. The molecule has 5 unspecified atom stereocenters. The molecular formula is C74H124ClF3N12O. The van der Waals surface area contributed by atoms with Crippen molar-refractivity contribution >= 4 is 23.2 Å². The van der Waals surface area contributed by atoms with Gasteiger partial charge in [0.1, 0.15) is 0 Å². The third kappa shape index (κ3) is 20.7. The fraction of sp³-hybridized carbons (Fsp3) is 0.784. The zero-order valence-corrected chi connectivity index (χ0v) is 59.1. The highest BCUT2D eigenvalue weighted by atomic mass is 35.5. The Bertz CT molecular complexity index is 2530. The zero-order valence-electron chi connectivity index (χ0n) is 58.3. The first-order chi connectivity index (χ1) is 43.6. The molecule has 4 heterocycles. The summed E-state index contributed by atoms with van der Waals surface area (Å²) in [6.07, 6.45) is 33.8. The Morgan fingerprint density at radius 1 is 0.802 bits per heavy atom. The van der Waals surface area contributed by atoms with Crippen molar-refractivity contribution in [2.45, 2.75) is 276 Å². The van der Waals surface area contributed by atoms with Crippen LogP contribution in [0.2, 0.25) is 5.02 Å². The fourth-order valence-electron chi connectivity index (χ4n) is 16.9. The summed E-state index contributed by atoms with van der Waals surface area (Å²) >= 11 is 6.22. The maximum absolute atomic E-state index is 15.0. The molecule has 7 aliphatic rings. The van der Waals surface area contributed by atoms with Gasteiger partial charge in [0.25, 0.3) is 0 Å². The summed E-state index contributed by atoms with van der Waals surface area (Å²) in [4.78, 5) is 32.2. The van der Waals surface area contributed by atoms with E-state index in [-0.39, 0.29) is 58.8 Å². The normalized spacial score (nSPS) is 30.7. The maximum Gasteiger partial charge on any atom is 0.417 e. The number of likely N-dealkylation sites (tertiary alicyclic amines) is 1. The SMILES string of the molecule is CC[C@H](C)[C@H]1CN[C@@H](CC(C)C)C(C)NCC2[C@@H](C(=O)N3CCCCC3)C(C)N2[C@@H](C2CCCC2)C(C)NC2(CCCC2)CNCCNC=CC(CCc2ccc(C(F)(F)F)c(Cl)c2)=NC=CN(C)C=C(CC2CCCCC2)N(C)C=C2CCCN2[C@@H](C)C(C)N1. The Kier molecular flexibility index (Phi) is 28.5. The van der Waals surface area contributed by atoms with Gasteiger partial charge in [-0.3, -0.25) is 14.7 Å². The first kappa shape index (κ1) is 73.2. The molecule has 1 aromatic carbocycles. The zero-order chi connectivity index (χ0) is 65.2. The minimum absolute atomic E-state index is 0.0222. The highest BCUT2D eigenvalue weighted by Crippen LogP contribution is 2.44. The standard InChI is InChI=1S/C74H124ClF3N12O/c1-12-53(4)68-47-83-67(44-52(2)3)55(6)82-48-69-70(72(91)88-40-21-14-22-41-88)58(9)90(69)71(61-26-17-18-27-61)56(7)85-73(34-19-20-35-73)51-80-38-37-79-36-33-62(31-29-60-30-32-65(66(75)46-60)74(76,77)78)81-39-43-86(10)49-64(45-59-24-15-13-16-25-59)87(11)50-63-28-23-42-89(63)57(8)54(5)84-68/h30,32-33,36,39,43,46,49-50,52-59,61,67-71,79-80,82-85H,12-29,31,34-35,37-38,40-42,44-45,47-48,51H2,1-11H3/t53-,54?,55?,56?,57-,58?,67-,68+,69?,70-,71+/m0/s1. The number of carbonyl (C=O) groups is 1. The minimum Gasteiger partial charge on any atom is -0.390 e. The Morgan fingerprint density at radius 3 is 2.21 bits per heavy atom. The molecule has 3 aliphatic carbocycles. The molecule has 0 bridgehead atoms. The van der Waals surface area contributed by atoms with Crippen LogP contribution in [-0.4, -0.2) is 162 Å². The van der Waals surface area contributed by atoms with Crippen LogP contribution in [0, 0.1) is 29.6 Å². The second-order valence-electron chi connectivity index (χ2n) is 29.9. The molecule has 0 aromatic heterocycles. The van der Waals surface area contributed by atoms with E-state index in [4.69, 9.17) is 16.6 Å². The quantitative estimate of drug-likeness (QED) is 0.127. The lowest BCUT2D eigenvalue weighted by molar-refractivity contribution is -0.162. The molecule has 8 rings (SSSR count). The average molecular weight is 1290 g/mol. The summed E-state index contributed by atoms with van der Waals surface area (Å²) in [5.74, 6) is 2.57. The molecular weight excluding hydrogens is 1170 g/mol. The Labute approximate surface area is 554 Å². The van der Waals surface area contributed by atoms with Crippen molar-refractivity contribution in [2.75, 3.05) is 66.5 Å². The number of rotatable bonds is 11. The van der Waals surface area contributed by atoms with Gasteiger partial charge < -0.3 is 51.5 Å². The van der Waals surface area contributed by atoms with E-state index >= 15 is 0 Å². The van der Waals surface area contributed by atoms with Crippen LogP contribution in [0.5, 0.6) is 0 Å². The van der Waals surface area contributed by atoms with Gasteiger partial charge in [0.15, 0.2) is 0 Å². The smallest absolute Gasteiger partial charge is 0.390 e. The number of halogens is 4. The molecule has 91 heavy (non-hydrogen) atoms. The predicted octanol–water partition coefficient (Wildman–Crippen LogP) is 13.8. The Morgan fingerprint density at radius 2 is 1.52 bits per heavy atom. The number of aryl methyl sites for hydroxylation is 1. The van der Waals surface area contributed by atoms with Crippen molar-refractivity contribution in [2.24, 2.45) is 34.6 Å². The monoisotopic (exact) mass is 1290 g/mol. The van der Waals surface area contributed by atoms with Crippen LogP contribution in [0.4, 0.5) is 13.2 Å². The summed E-state index contributed by atoms with van der Waals surface area (Å²) < 4.78 is 41.1. The summed E-state index contributed by atoms with van der Waals surface area (Å²) in [7, 11) is 4.31. The van der Waals surface area contributed by atoms with Crippen LogP contribution in [0.25, 0.3) is 0 Å². The molecule has 6 fully saturated rings. The van der Waals surface area contributed by atoms with Crippen molar-refractivity contribution in [3.63, 3.8) is 0 Å². The van der Waals surface area contributed by atoms with Gasteiger partial charge in [-0.2, -0.15) is 13.2 Å². The second kappa shape index (κ2) is 35.4. The maximum atomic E-state index is 15.0. The molecule has 6 N–H and O–H groups in total. The van der Waals surface area contributed by atoms with E-state index in [1.807, 2.05) is 24.7 Å². The van der Waals surface area contributed by atoms with E-state index in [9.17, 15) is 18.0 Å². The molecule has 13 nitrogen and oxygen atoms in total. The molecule has 0 radical (unpaired) electrons. The van der Waals surface area contributed by atoms with Crippen LogP contribution in [0.15, 0.2) is 71.7 Å². The van der Waals surface area contributed by atoms with E-state index in [2.05, 4.69) is 145 Å². The van der Waals surface area contributed by atoms with E-state index < -0.39 is 11.7 Å². The average Bonchev–Trinajstić information content (AvgIpc) is 1.50. The number of carbonyl (C=O) groups excluding carboxylic acids is 1. The fourth-order valence-corrected chi connectivity index (χ4v) is 17.2. The van der Waals surface area contributed by atoms with E-state index in [1.54, 1.807) is 0 Å². The van der Waals surface area contributed by atoms with E-state index in [0.717, 1.165) is 127 Å². The number of hydrogen-bond donors (Lipinski definition) is 6. The van der Waals surface area contributed by atoms with Gasteiger partial charge >= 0.3 is 6.18 Å². The number of benzene rings is 1. The van der Waals surface area contributed by atoms with Crippen LogP contribution in [-0.2, 0) is 17.4 Å². The van der Waals surface area contributed by atoms with Gasteiger partial charge in [0.05, 0.1) is 16.5 Å². The number of allylic oxidation sites excluding steroid dienone is 3. The van der Waals surface area contributed by atoms with Gasteiger partial charge in [-0.25, -0.2) is 0 Å². The van der Waals surface area contributed by atoms with Crippen molar-refractivity contribution in [3.05, 3.63) is 82.8 Å². The van der Waals surface area contributed by atoms with Crippen LogP contribution < -0.4 is 31.9 Å². The van der Waals surface area contributed by atoms with Gasteiger partial charge in [-0.15, -0.1) is 0 Å². The van der Waals surface area contributed by atoms with Crippen molar-refractivity contribution in [1.29, 1.82) is 0 Å². The number of nitrogens with one attached hydrogen (secondary N) is 6. The number of alkyl halides is 3. The molecule has 1 aromatic rings. The molecule has 3 saturated heterocycles. The van der Waals surface area contributed by atoms with Crippen LogP contribution in [0.1, 0.15) is 215 Å². The van der Waals surface area contributed by atoms with Crippen molar-refractivity contribution < 1.29 is 18.0 Å². The number of fused-ring (bicyclic) bond motifs is 2. The number of aliphatic imine (C=N–C) groups is 1. The Hall–Kier alpha value is -3.64. The first-order valence-corrected chi connectivity index (χ1v) is 36.9. The lowest BCUT2D eigenvalue weighted by Gasteiger charge is -2.60. The molecule has 1 amide bonds. The number of nitrogens with zero attached hydrogens (tertiary/aromatic N) is 6. The van der Waals surface area contributed by atoms with Crippen LogP contribution in [0.3, 0.4) is 0 Å². The number of piperidine rings is 1. The molecule has 17 heteroatoms. The number of amides is 1. The van der Waals surface area contributed by atoms with E-state index in [0.29, 0.717) is 54.5 Å². The topological polar surface area (TPSA) is 118 Å². The highest BCUT2D eigenvalue weighted by molar-refractivity contribution is 6.31. The van der Waals surface area contributed by atoms with Gasteiger partial charge in [0, 0.05) is 168 Å². The minimum atomic E-state index is -4.51. The molecule has 1 spiro atoms. The van der Waals surface area contributed by atoms with E-state index in [1.165, 1.54) is 101 Å². The Balaban J connectivity index is 1.09. The summed E-state index contributed by atoms with van der Waals surface area (Å²) in [6.45, 7) is 28.4. The molecule has 4 aliphatic heterocycles. The molecule has 11 atom stereocenters. The van der Waals surface area contributed by atoms with Crippen LogP contribution >= 0.6 is 11.6 Å². The van der Waals surface area contributed by atoms with Crippen molar-refractivity contribution in [1.82, 2.24) is 56.4 Å². The van der Waals surface area contributed by atoms with Gasteiger partial charge in [-0.05, 0) is 172 Å². The lowest BCUT2D eigenvalue weighted by atomic mass is 9.74. The largest absolute Gasteiger partial charge is 0.417 e. The van der Waals surface area contributed by atoms with Gasteiger partial charge in [-0.1, -0.05) is 110 Å². The first-order valence-electron chi connectivity index (χ1n) is 36.5. The predicted molar refractivity (Wildman–Crippen MR) is 373 cm³/mol. The summed E-state index contributed by atoms with van der Waals surface area (Å²) in [6, 6.07) is 6.20. The highest BCUT2D eigenvalue weighted by Gasteiger charge is 2.56. The number of hydrogen-bond acceptors (Lipinski definition) is 12. The third-order valence-electron chi connectivity index (χ3n) is 22.6. The van der Waals surface area contributed by atoms with Crippen molar-refractivity contribution in [3.8, 4) is 0 Å². The third-order valence-corrected chi connectivity index (χ3v) is 22.9. The lowest BCUT2D eigenvalue weighted by Crippen LogP contribution is -2.76. The molecule has 3 saturated carbocycles. The summed E-state index contributed by atoms with van der Waals surface area (Å²) in [5, 5.41) is 24.2.